The number of fused-ring (bicyclic) bond motifs is 1. The van der Waals surface area contributed by atoms with E-state index < -0.39 is 10.0 Å². The first-order valence-corrected chi connectivity index (χ1v) is 7.91. The van der Waals surface area contributed by atoms with Crippen molar-refractivity contribution in [2.24, 2.45) is 0 Å². The van der Waals surface area contributed by atoms with E-state index in [1.54, 1.807) is 23.7 Å². The number of benzene rings is 1. The molecule has 0 spiro atoms. The summed E-state index contributed by atoms with van der Waals surface area (Å²) in [4.78, 5) is 4.46. The quantitative estimate of drug-likeness (QED) is 0.834. The molecule has 0 bridgehead atoms. The smallest absolute Gasteiger partial charge is 0.243 e. The van der Waals surface area contributed by atoms with Crippen molar-refractivity contribution in [1.82, 2.24) is 9.29 Å². The molecular formula is C11H12N2O3S2. The number of thiazole rings is 1. The zero-order valence-electron chi connectivity index (χ0n) is 9.57. The number of sulfonamides is 1. The molecule has 1 aromatic carbocycles. The molecule has 7 heteroatoms. The molecule has 1 aromatic heterocycles. The van der Waals surface area contributed by atoms with Crippen LogP contribution < -0.4 is 0 Å². The predicted octanol–water partition coefficient (Wildman–Crippen LogP) is 1.32. The molecule has 96 valence electrons. The maximum absolute atomic E-state index is 12.4. The largest absolute Gasteiger partial charge is 0.379 e. The van der Waals surface area contributed by atoms with Crippen molar-refractivity contribution in [2.75, 3.05) is 26.3 Å². The minimum Gasteiger partial charge on any atom is -0.379 e. The molecule has 0 unspecified atom stereocenters. The Labute approximate surface area is 109 Å². The summed E-state index contributed by atoms with van der Waals surface area (Å²) in [7, 11) is -3.41. The molecule has 1 saturated heterocycles. The first-order valence-electron chi connectivity index (χ1n) is 5.59. The normalized spacial score (nSPS) is 18.2. The number of ether oxygens (including phenoxy) is 1. The van der Waals surface area contributed by atoms with Crippen LogP contribution in [0.2, 0.25) is 0 Å². The van der Waals surface area contributed by atoms with Gasteiger partial charge in [-0.3, -0.25) is 0 Å². The fourth-order valence-corrected chi connectivity index (χ4v) is 4.02. The standard InChI is InChI=1S/C11H12N2O3S2/c14-18(15,13-3-5-16-6-4-13)9-1-2-11-10(7-9)12-8-17-11/h1-2,7-8H,3-6H2. The van der Waals surface area contributed by atoms with Crippen molar-refractivity contribution >= 4 is 31.6 Å². The van der Waals surface area contributed by atoms with E-state index >= 15 is 0 Å². The Balaban J connectivity index is 2.01. The minimum absolute atomic E-state index is 0.308. The second-order valence-corrected chi connectivity index (χ2v) is 6.82. The molecule has 2 heterocycles. The van der Waals surface area contributed by atoms with Crippen LogP contribution in [-0.4, -0.2) is 44.0 Å². The van der Waals surface area contributed by atoms with Crippen LogP contribution in [-0.2, 0) is 14.8 Å². The molecule has 0 N–H and O–H groups in total. The maximum atomic E-state index is 12.4. The number of hydrogen-bond donors (Lipinski definition) is 0. The van der Waals surface area contributed by atoms with Crippen molar-refractivity contribution in [3.8, 4) is 0 Å². The number of morpholine rings is 1. The average molecular weight is 284 g/mol. The topological polar surface area (TPSA) is 59.5 Å². The van der Waals surface area contributed by atoms with E-state index in [-0.39, 0.29) is 0 Å². The Morgan fingerprint density at radius 1 is 1.28 bits per heavy atom. The molecule has 1 fully saturated rings. The van der Waals surface area contributed by atoms with Gasteiger partial charge in [0.2, 0.25) is 10.0 Å². The summed E-state index contributed by atoms with van der Waals surface area (Å²) in [5.41, 5.74) is 2.45. The van der Waals surface area contributed by atoms with Crippen LogP contribution in [0, 0.1) is 0 Å². The Morgan fingerprint density at radius 2 is 2.06 bits per heavy atom. The highest BCUT2D eigenvalue weighted by atomic mass is 32.2. The summed E-state index contributed by atoms with van der Waals surface area (Å²) in [6.45, 7) is 1.74. The second-order valence-electron chi connectivity index (χ2n) is 4.00. The molecule has 18 heavy (non-hydrogen) atoms. The lowest BCUT2D eigenvalue weighted by atomic mass is 10.3. The molecule has 0 saturated carbocycles. The van der Waals surface area contributed by atoms with Gasteiger partial charge in [0, 0.05) is 13.1 Å². The lowest BCUT2D eigenvalue weighted by Gasteiger charge is -2.25. The van der Waals surface area contributed by atoms with Crippen molar-refractivity contribution in [3.63, 3.8) is 0 Å². The van der Waals surface area contributed by atoms with Gasteiger partial charge < -0.3 is 4.74 Å². The summed E-state index contributed by atoms with van der Waals surface area (Å²) >= 11 is 1.50. The van der Waals surface area contributed by atoms with E-state index in [0.29, 0.717) is 31.2 Å². The summed E-state index contributed by atoms with van der Waals surface area (Å²) in [6.07, 6.45) is 0. The van der Waals surface area contributed by atoms with Crippen molar-refractivity contribution < 1.29 is 13.2 Å². The lowest BCUT2D eigenvalue weighted by molar-refractivity contribution is 0.0730. The van der Waals surface area contributed by atoms with Crippen LogP contribution in [0.4, 0.5) is 0 Å². The maximum Gasteiger partial charge on any atom is 0.243 e. The van der Waals surface area contributed by atoms with E-state index in [0.717, 1.165) is 10.2 Å². The van der Waals surface area contributed by atoms with Gasteiger partial charge in [0.05, 0.1) is 33.8 Å². The van der Waals surface area contributed by atoms with Gasteiger partial charge in [-0.05, 0) is 18.2 Å². The van der Waals surface area contributed by atoms with Gasteiger partial charge in [0.25, 0.3) is 0 Å². The molecule has 5 nitrogen and oxygen atoms in total. The third kappa shape index (κ3) is 2.03. The second kappa shape index (κ2) is 4.58. The molecular weight excluding hydrogens is 272 g/mol. The Kier molecular flexibility index (Phi) is 3.06. The highest BCUT2D eigenvalue weighted by Crippen LogP contribution is 2.23. The van der Waals surface area contributed by atoms with Gasteiger partial charge in [-0.25, -0.2) is 13.4 Å². The summed E-state index contributed by atoms with van der Waals surface area (Å²) in [5.74, 6) is 0. The van der Waals surface area contributed by atoms with E-state index in [1.807, 2.05) is 0 Å². The summed E-state index contributed by atoms with van der Waals surface area (Å²) in [5, 5.41) is 0. The highest BCUT2D eigenvalue weighted by molar-refractivity contribution is 7.89. The van der Waals surface area contributed by atoms with Crippen molar-refractivity contribution in [2.45, 2.75) is 4.90 Å². The minimum atomic E-state index is -3.41. The van der Waals surface area contributed by atoms with Crippen molar-refractivity contribution in [1.29, 1.82) is 0 Å². The molecule has 1 aliphatic heterocycles. The van der Waals surface area contributed by atoms with Crippen LogP contribution in [0.1, 0.15) is 0 Å². The van der Waals surface area contributed by atoms with E-state index in [2.05, 4.69) is 4.98 Å². The molecule has 1 aliphatic rings. The van der Waals surface area contributed by atoms with Crippen LogP contribution in [0.5, 0.6) is 0 Å². The molecule has 0 radical (unpaired) electrons. The zero-order valence-corrected chi connectivity index (χ0v) is 11.2. The van der Waals surface area contributed by atoms with Gasteiger partial charge in [-0.2, -0.15) is 4.31 Å². The fraction of sp³-hybridized carbons (Fsp3) is 0.364. The number of aromatic nitrogens is 1. The van der Waals surface area contributed by atoms with Gasteiger partial charge >= 0.3 is 0 Å². The van der Waals surface area contributed by atoms with Crippen molar-refractivity contribution in [3.05, 3.63) is 23.7 Å². The Bertz CT molecular complexity index is 660. The lowest BCUT2D eigenvalue weighted by Crippen LogP contribution is -2.40. The fourth-order valence-electron chi connectivity index (χ4n) is 1.93. The van der Waals surface area contributed by atoms with E-state index in [4.69, 9.17) is 4.74 Å². The molecule has 0 aliphatic carbocycles. The zero-order chi connectivity index (χ0) is 12.6. The number of nitrogens with zero attached hydrogens (tertiary/aromatic N) is 2. The Morgan fingerprint density at radius 3 is 2.83 bits per heavy atom. The van der Waals surface area contributed by atoms with Gasteiger partial charge in [0.15, 0.2) is 0 Å². The molecule has 2 aromatic rings. The van der Waals surface area contributed by atoms with Gasteiger partial charge in [-0.1, -0.05) is 0 Å². The molecule has 0 amide bonds. The monoisotopic (exact) mass is 284 g/mol. The average Bonchev–Trinajstić information content (AvgIpc) is 2.87. The first-order chi connectivity index (χ1) is 8.68. The highest BCUT2D eigenvalue weighted by Gasteiger charge is 2.26. The van der Waals surface area contributed by atoms with Crippen LogP contribution >= 0.6 is 11.3 Å². The van der Waals surface area contributed by atoms with Crippen LogP contribution in [0.25, 0.3) is 10.2 Å². The van der Waals surface area contributed by atoms with Gasteiger partial charge in [0.1, 0.15) is 0 Å². The third-order valence-electron chi connectivity index (χ3n) is 2.91. The van der Waals surface area contributed by atoms with E-state index in [9.17, 15) is 8.42 Å². The third-order valence-corrected chi connectivity index (χ3v) is 5.61. The molecule has 3 rings (SSSR count). The first kappa shape index (κ1) is 12.0. The molecule has 0 atom stereocenters. The Hall–Kier alpha value is -1.02. The van der Waals surface area contributed by atoms with Crippen LogP contribution in [0.15, 0.2) is 28.6 Å². The summed E-state index contributed by atoms with van der Waals surface area (Å²) in [6, 6.07) is 5.09. The van der Waals surface area contributed by atoms with E-state index in [1.165, 1.54) is 15.6 Å². The SMILES string of the molecule is O=S(=O)(c1ccc2scnc2c1)N1CCOCC1. The van der Waals surface area contributed by atoms with Crippen LogP contribution in [0.3, 0.4) is 0 Å². The predicted molar refractivity (Wildman–Crippen MR) is 69.2 cm³/mol. The summed E-state index contributed by atoms with van der Waals surface area (Å²) < 4.78 is 32.4. The van der Waals surface area contributed by atoms with Gasteiger partial charge in [-0.15, -0.1) is 11.3 Å². The number of hydrogen-bond acceptors (Lipinski definition) is 5. The number of rotatable bonds is 2.